The zero-order chi connectivity index (χ0) is 10.8. The topological polar surface area (TPSA) is 50.9 Å². The van der Waals surface area contributed by atoms with Gasteiger partial charge in [0.05, 0.1) is 11.4 Å². The third-order valence-electron chi connectivity index (χ3n) is 2.31. The molecule has 1 heterocycles. The van der Waals surface area contributed by atoms with Crippen molar-refractivity contribution in [2.45, 2.75) is 19.9 Å². The summed E-state index contributed by atoms with van der Waals surface area (Å²) in [6, 6.07) is 6.35. The van der Waals surface area contributed by atoms with Crippen LogP contribution >= 0.6 is 0 Å². The summed E-state index contributed by atoms with van der Waals surface area (Å²) in [5, 5.41) is 5.44. The normalized spacial score (nSPS) is 10.9. The molecule has 2 aromatic rings. The molecule has 0 amide bonds. The van der Waals surface area contributed by atoms with E-state index in [1.807, 2.05) is 24.4 Å². The summed E-state index contributed by atoms with van der Waals surface area (Å²) in [7, 11) is 0. The van der Waals surface area contributed by atoms with E-state index in [1.54, 1.807) is 6.20 Å². The number of hydrogen-bond donors (Lipinski definition) is 2. The summed E-state index contributed by atoms with van der Waals surface area (Å²) in [4.78, 5) is 4.07. The van der Waals surface area contributed by atoms with Gasteiger partial charge in [-0.3, -0.25) is 4.98 Å². The van der Waals surface area contributed by atoms with Crippen molar-refractivity contribution in [2.24, 2.45) is 0 Å². The minimum absolute atomic E-state index is 0.381. The highest BCUT2D eigenvalue weighted by molar-refractivity contribution is 5.98. The number of pyridine rings is 1. The second-order valence-electron chi connectivity index (χ2n) is 3.92. The number of fused-ring (bicyclic) bond motifs is 1. The molecule has 2 rings (SSSR count). The van der Waals surface area contributed by atoms with Crippen molar-refractivity contribution in [1.82, 2.24) is 4.98 Å². The molecule has 3 heteroatoms. The summed E-state index contributed by atoms with van der Waals surface area (Å²) in [5.74, 6) is 0. The van der Waals surface area contributed by atoms with E-state index in [9.17, 15) is 0 Å². The van der Waals surface area contributed by atoms with Gasteiger partial charge in [-0.2, -0.15) is 0 Å². The molecule has 0 aliphatic carbocycles. The Morgan fingerprint density at radius 3 is 2.80 bits per heavy atom. The second-order valence-corrected chi connectivity index (χ2v) is 3.92. The fourth-order valence-electron chi connectivity index (χ4n) is 1.63. The van der Waals surface area contributed by atoms with E-state index in [1.165, 1.54) is 0 Å². The van der Waals surface area contributed by atoms with Crippen LogP contribution in [0.25, 0.3) is 10.8 Å². The van der Waals surface area contributed by atoms with E-state index in [0.717, 1.165) is 22.1 Å². The smallest absolute Gasteiger partial charge is 0.0630 e. The first-order valence-electron chi connectivity index (χ1n) is 5.07. The predicted molar refractivity (Wildman–Crippen MR) is 64.9 cm³/mol. The van der Waals surface area contributed by atoms with Crippen molar-refractivity contribution >= 4 is 22.1 Å². The highest BCUT2D eigenvalue weighted by atomic mass is 14.9. The molecule has 3 N–H and O–H groups in total. The van der Waals surface area contributed by atoms with E-state index < -0.39 is 0 Å². The maximum absolute atomic E-state index is 6.08. The van der Waals surface area contributed by atoms with Gasteiger partial charge in [-0.25, -0.2) is 0 Å². The van der Waals surface area contributed by atoms with Gasteiger partial charge in [-0.05, 0) is 26.0 Å². The quantitative estimate of drug-likeness (QED) is 0.734. The monoisotopic (exact) mass is 201 g/mol. The number of benzene rings is 1. The maximum Gasteiger partial charge on any atom is 0.0630 e. The van der Waals surface area contributed by atoms with Crippen LogP contribution in [0, 0.1) is 0 Å². The highest BCUT2D eigenvalue weighted by Gasteiger charge is 2.04. The first kappa shape index (κ1) is 9.77. The highest BCUT2D eigenvalue weighted by Crippen LogP contribution is 2.28. The average molecular weight is 201 g/mol. The van der Waals surface area contributed by atoms with Gasteiger partial charge < -0.3 is 11.1 Å². The maximum atomic E-state index is 6.08. The van der Waals surface area contributed by atoms with Crippen LogP contribution in [0.15, 0.2) is 30.6 Å². The number of nitrogen functional groups attached to an aromatic ring is 1. The van der Waals surface area contributed by atoms with E-state index >= 15 is 0 Å². The molecule has 1 aromatic heterocycles. The van der Waals surface area contributed by atoms with Crippen molar-refractivity contribution < 1.29 is 0 Å². The van der Waals surface area contributed by atoms with Crippen LogP contribution in [0.4, 0.5) is 11.4 Å². The number of hydrogen-bond acceptors (Lipinski definition) is 3. The van der Waals surface area contributed by atoms with E-state index in [-0.39, 0.29) is 0 Å². The molecule has 0 spiro atoms. The first-order valence-corrected chi connectivity index (χ1v) is 5.07. The molecule has 0 bridgehead atoms. The first-order chi connectivity index (χ1) is 7.18. The molecular weight excluding hydrogens is 186 g/mol. The van der Waals surface area contributed by atoms with Crippen LogP contribution in [-0.2, 0) is 0 Å². The summed E-state index contributed by atoms with van der Waals surface area (Å²) in [5.41, 5.74) is 7.86. The largest absolute Gasteiger partial charge is 0.397 e. The van der Waals surface area contributed by atoms with Gasteiger partial charge in [0, 0.05) is 29.2 Å². The molecule has 0 aliphatic rings. The molecule has 0 aliphatic heterocycles. The fourth-order valence-corrected chi connectivity index (χ4v) is 1.63. The predicted octanol–water partition coefficient (Wildman–Crippen LogP) is 2.64. The summed E-state index contributed by atoms with van der Waals surface area (Å²) < 4.78 is 0. The number of nitrogens with zero attached hydrogens (tertiary/aromatic N) is 1. The van der Waals surface area contributed by atoms with Crippen molar-refractivity contribution in [3.63, 3.8) is 0 Å². The lowest BCUT2D eigenvalue weighted by atomic mass is 10.1. The molecule has 1 aromatic carbocycles. The Balaban J connectivity index is 2.55. The Bertz CT molecular complexity index is 477. The lowest BCUT2D eigenvalue weighted by Crippen LogP contribution is -2.11. The summed E-state index contributed by atoms with van der Waals surface area (Å²) in [6.45, 7) is 4.19. The van der Waals surface area contributed by atoms with Crippen LogP contribution in [-0.4, -0.2) is 11.0 Å². The van der Waals surface area contributed by atoms with Crippen molar-refractivity contribution in [3.05, 3.63) is 30.6 Å². The number of anilines is 2. The number of nitrogens with two attached hydrogens (primary N) is 1. The Hall–Kier alpha value is -1.77. The Labute approximate surface area is 89.3 Å². The lowest BCUT2D eigenvalue weighted by Gasteiger charge is -2.13. The van der Waals surface area contributed by atoms with Gasteiger partial charge in [0.25, 0.3) is 0 Å². The minimum Gasteiger partial charge on any atom is -0.397 e. The third-order valence-corrected chi connectivity index (χ3v) is 2.31. The van der Waals surface area contributed by atoms with Crippen LogP contribution < -0.4 is 11.1 Å². The number of aromatic nitrogens is 1. The molecule has 0 saturated heterocycles. The SMILES string of the molecule is CC(C)Nc1ccc2cnccc2c1N. The van der Waals surface area contributed by atoms with Gasteiger partial charge >= 0.3 is 0 Å². The molecule has 78 valence electrons. The van der Waals surface area contributed by atoms with Gasteiger partial charge in [-0.15, -0.1) is 0 Å². The zero-order valence-electron chi connectivity index (χ0n) is 8.99. The van der Waals surface area contributed by atoms with Crippen LogP contribution in [0.3, 0.4) is 0 Å². The molecule has 0 saturated carbocycles. The Morgan fingerprint density at radius 1 is 1.27 bits per heavy atom. The van der Waals surface area contributed by atoms with Crippen LogP contribution in [0.1, 0.15) is 13.8 Å². The molecular formula is C12H15N3. The van der Waals surface area contributed by atoms with Gasteiger partial charge in [0.2, 0.25) is 0 Å². The van der Waals surface area contributed by atoms with Crippen molar-refractivity contribution in [1.29, 1.82) is 0 Å². The van der Waals surface area contributed by atoms with E-state index in [2.05, 4.69) is 24.1 Å². The third kappa shape index (κ3) is 1.86. The molecule has 0 atom stereocenters. The van der Waals surface area contributed by atoms with Crippen molar-refractivity contribution in [2.75, 3.05) is 11.1 Å². The van der Waals surface area contributed by atoms with E-state index in [0.29, 0.717) is 6.04 Å². The van der Waals surface area contributed by atoms with E-state index in [4.69, 9.17) is 5.73 Å². The van der Waals surface area contributed by atoms with Gasteiger partial charge in [0.1, 0.15) is 0 Å². The minimum atomic E-state index is 0.381. The molecule has 3 nitrogen and oxygen atoms in total. The van der Waals surface area contributed by atoms with Crippen LogP contribution in [0.5, 0.6) is 0 Å². The standard InChI is InChI=1S/C12H15N3/c1-8(2)15-11-4-3-9-7-14-6-5-10(9)12(11)13/h3-8,15H,13H2,1-2H3. The van der Waals surface area contributed by atoms with Crippen LogP contribution in [0.2, 0.25) is 0 Å². The number of nitrogens with one attached hydrogen (secondary N) is 1. The summed E-state index contributed by atoms with van der Waals surface area (Å²) >= 11 is 0. The molecule has 0 fully saturated rings. The molecule has 0 radical (unpaired) electrons. The fraction of sp³-hybridized carbons (Fsp3) is 0.250. The Kier molecular flexibility index (Phi) is 2.46. The molecule has 0 unspecified atom stereocenters. The second kappa shape index (κ2) is 3.77. The van der Waals surface area contributed by atoms with Gasteiger partial charge in [0.15, 0.2) is 0 Å². The Morgan fingerprint density at radius 2 is 2.07 bits per heavy atom. The van der Waals surface area contributed by atoms with Gasteiger partial charge in [-0.1, -0.05) is 6.07 Å². The zero-order valence-corrected chi connectivity index (χ0v) is 8.99. The van der Waals surface area contributed by atoms with Crippen molar-refractivity contribution in [3.8, 4) is 0 Å². The number of rotatable bonds is 2. The lowest BCUT2D eigenvalue weighted by molar-refractivity contribution is 0.901. The summed E-state index contributed by atoms with van der Waals surface area (Å²) in [6.07, 6.45) is 3.59. The average Bonchev–Trinajstić information content (AvgIpc) is 2.22. The molecule has 15 heavy (non-hydrogen) atoms.